The number of ether oxygens (including phenoxy) is 1. The minimum atomic E-state index is 0.152. The number of nitrogens with zero attached hydrogens (tertiary/aromatic N) is 4. The molecule has 0 radical (unpaired) electrons. The number of aryl methyl sites for hydroxylation is 2. The summed E-state index contributed by atoms with van der Waals surface area (Å²) in [4.78, 5) is 11.3. The van der Waals surface area contributed by atoms with Crippen LogP contribution in [0.25, 0.3) is 0 Å². The summed E-state index contributed by atoms with van der Waals surface area (Å²) in [5.41, 5.74) is 1.86. The van der Waals surface area contributed by atoms with Crippen molar-refractivity contribution in [3.63, 3.8) is 0 Å². The molecule has 114 valence electrons. The summed E-state index contributed by atoms with van der Waals surface area (Å²) < 4.78 is 5.08. The van der Waals surface area contributed by atoms with Gasteiger partial charge in [0, 0.05) is 32.7 Å². The van der Waals surface area contributed by atoms with E-state index in [0.717, 1.165) is 56.0 Å². The molecule has 0 spiro atoms. The van der Waals surface area contributed by atoms with Gasteiger partial charge >= 0.3 is 0 Å². The molecule has 0 atom stereocenters. The summed E-state index contributed by atoms with van der Waals surface area (Å²) in [5.74, 6) is 0.908. The fourth-order valence-corrected chi connectivity index (χ4v) is 2.85. The molecule has 1 saturated heterocycles. The largest absolute Gasteiger partial charge is 0.385 e. The Morgan fingerprint density at radius 3 is 2.71 bits per heavy atom. The lowest BCUT2D eigenvalue weighted by atomic mass is 9.99. The van der Waals surface area contributed by atoms with Crippen LogP contribution in [0, 0.1) is 24.2 Å². The highest BCUT2D eigenvalue weighted by Crippen LogP contribution is 2.27. The van der Waals surface area contributed by atoms with Crippen LogP contribution < -0.4 is 4.90 Å². The van der Waals surface area contributed by atoms with Gasteiger partial charge in [-0.25, -0.2) is 9.97 Å². The van der Waals surface area contributed by atoms with Crippen molar-refractivity contribution in [1.82, 2.24) is 9.97 Å². The first-order valence-corrected chi connectivity index (χ1v) is 7.70. The quantitative estimate of drug-likeness (QED) is 0.783. The van der Waals surface area contributed by atoms with E-state index < -0.39 is 0 Å². The van der Waals surface area contributed by atoms with Gasteiger partial charge in [0.2, 0.25) is 0 Å². The van der Waals surface area contributed by atoms with Crippen molar-refractivity contribution in [2.24, 2.45) is 5.92 Å². The Kier molecular flexibility index (Phi) is 5.77. The smallest absolute Gasteiger partial charge is 0.171 e. The lowest BCUT2D eigenvalue weighted by molar-refractivity contribution is 0.195. The topological polar surface area (TPSA) is 62.0 Å². The molecule has 0 aliphatic carbocycles. The molecule has 1 fully saturated rings. The molecule has 1 aromatic heterocycles. The summed E-state index contributed by atoms with van der Waals surface area (Å²) in [6, 6.07) is 2.34. The number of hydrogen-bond acceptors (Lipinski definition) is 5. The second kappa shape index (κ2) is 7.58. The predicted octanol–water partition coefficient (Wildman–Crippen LogP) is 2.76. The molecule has 21 heavy (non-hydrogen) atoms. The number of rotatable bonds is 5. The van der Waals surface area contributed by atoms with Gasteiger partial charge in [-0.15, -0.1) is 0 Å². The standard InChI is InChI=1S/C15H21ClN4O/c1-11-13(4-3-9-21-2)19-15(14(16)18-11)20-7-5-12(10-17)6-8-20/h12H,3-9H2,1-2H3. The van der Waals surface area contributed by atoms with Crippen molar-refractivity contribution in [1.29, 1.82) is 5.26 Å². The SMILES string of the molecule is COCCCc1nc(N2CCC(C#N)CC2)c(Cl)nc1C. The molecule has 0 bridgehead atoms. The number of aromatic nitrogens is 2. The van der Waals surface area contributed by atoms with Crippen LogP contribution in [0.1, 0.15) is 30.7 Å². The van der Waals surface area contributed by atoms with Crippen LogP contribution in [-0.2, 0) is 11.2 Å². The van der Waals surface area contributed by atoms with Gasteiger partial charge < -0.3 is 9.64 Å². The maximum Gasteiger partial charge on any atom is 0.171 e. The Morgan fingerprint density at radius 1 is 1.38 bits per heavy atom. The van der Waals surface area contributed by atoms with E-state index in [4.69, 9.17) is 26.6 Å². The molecule has 5 nitrogen and oxygen atoms in total. The second-order valence-electron chi connectivity index (χ2n) is 5.36. The Hall–Kier alpha value is -1.38. The maximum atomic E-state index is 8.97. The highest BCUT2D eigenvalue weighted by atomic mass is 35.5. The van der Waals surface area contributed by atoms with Gasteiger partial charge in [-0.2, -0.15) is 5.26 Å². The Labute approximate surface area is 130 Å². The van der Waals surface area contributed by atoms with Gasteiger partial charge in [0.15, 0.2) is 11.0 Å². The fourth-order valence-electron chi connectivity index (χ4n) is 2.56. The first-order chi connectivity index (χ1) is 10.2. The van der Waals surface area contributed by atoms with Gasteiger partial charge in [0.25, 0.3) is 0 Å². The normalized spacial score (nSPS) is 16.0. The van der Waals surface area contributed by atoms with E-state index in [1.807, 2.05) is 6.92 Å². The van der Waals surface area contributed by atoms with Crippen LogP contribution in [0.3, 0.4) is 0 Å². The van der Waals surface area contributed by atoms with Gasteiger partial charge in [-0.05, 0) is 32.6 Å². The highest BCUT2D eigenvalue weighted by Gasteiger charge is 2.22. The third kappa shape index (κ3) is 4.05. The first-order valence-electron chi connectivity index (χ1n) is 7.32. The van der Waals surface area contributed by atoms with E-state index in [9.17, 15) is 0 Å². The Bertz CT molecular complexity index is 521. The van der Waals surface area contributed by atoms with Gasteiger partial charge in [-0.1, -0.05) is 11.6 Å². The van der Waals surface area contributed by atoms with Crippen LogP contribution in [0.15, 0.2) is 0 Å². The molecule has 6 heteroatoms. The maximum absolute atomic E-state index is 8.97. The molecular weight excluding hydrogens is 288 g/mol. The average Bonchev–Trinajstić information content (AvgIpc) is 2.50. The van der Waals surface area contributed by atoms with E-state index in [2.05, 4.69) is 16.0 Å². The zero-order chi connectivity index (χ0) is 15.2. The lowest BCUT2D eigenvalue weighted by Gasteiger charge is -2.30. The van der Waals surface area contributed by atoms with Crippen LogP contribution in [0.5, 0.6) is 0 Å². The molecule has 0 saturated carbocycles. The van der Waals surface area contributed by atoms with Crippen LogP contribution >= 0.6 is 11.6 Å². The van der Waals surface area contributed by atoms with Crippen molar-refractivity contribution in [3.05, 3.63) is 16.5 Å². The third-order valence-electron chi connectivity index (χ3n) is 3.85. The zero-order valence-corrected chi connectivity index (χ0v) is 13.4. The van der Waals surface area contributed by atoms with Gasteiger partial charge in [0.1, 0.15) is 0 Å². The van der Waals surface area contributed by atoms with Crippen molar-refractivity contribution in [2.75, 3.05) is 31.7 Å². The predicted molar refractivity (Wildman–Crippen MR) is 82.5 cm³/mol. The molecular formula is C15H21ClN4O. The average molecular weight is 309 g/mol. The van der Waals surface area contributed by atoms with E-state index in [1.165, 1.54) is 0 Å². The zero-order valence-electron chi connectivity index (χ0n) is 12.6. The van der Waals surface area contributed by atoms with Crippen molar-refractivity contribution < 1.29 is 4.74 Å². The summed E-state index contributed by atoms with van der Waals surface area (Å²) >= 11 is 6.26. The number of anilines is 1. The van der Waals surface area contributed by atoms with Gasteiger partial charge in [-0.3, -0.25) is 0 Å². The molecule has 2 heterocycles. The molecule has 0 unspecified atom stereocenters. The Morgan fingerprint density at radius 2 is 2.10 bits per heavy atom. The molecule has 0 N–H and O–H groups in total. The molecule has 1 aromatic rings. The molecule has 0 aromatic carbocycles. The highest BCUT2D eigenvalue weighted by molar-refractivity contribution is 6.31. The fraction of sp³-hybridized carbons (Fsp3) is 0.667. The van der Waals surface area contributed by atoms with E-state index in [1.54, 1.807) is 7.11 Å². The van der Waals surface area contributed by atoms with Gasteiger partial charge in [0.05, 0.1) is 17.5 Å². The number of hydrogen-bond donors (Lipinski definition) is 0. The number of methoxy groups -OCH3 is 1. The van der Waals surface area contributed by atoms with Crippen molar-refractivity contribution in [3.8, 4) is 6.07 Å². The molecule has 1 aliphatic heterocycles. The third-order valence-corrected chi connectivity index (χ3v) is 4.10. The summed E-state index contributed by atoms with van der Waals surface area (Å²) in [5, 5.41) is 9.43. The van der Waals surface area contributed by atoms with Crippen LogP contribution in [0.2, 0.25) is 5.15 Å². The number of nitriles is 1. The molecule has 1 aliphatic rings. The van der Waals surface area contributed by atoms with E-state index in [-0.39, 0.29) is 5.92 Å². The lowest BCUT2D eigenvalue weighted by Crippen LogP contribution is -2.34. The number of halogens is 1. The minimum Gasteiger partial charge on any atom is -0.385 e. The first kappa shape index (κ1) is 16.0. The van der Waals surface area contributed by atoms with Crippen molar-refractivity contribution in [2.45, 2.75) is 32.6 Å². The summed E-state index contributed by atoms with van der Waals surface area (Å²) in [6.45, 7) is 4.28. The number of piperidine rings is 1. The molecule has 0 amide bonds. The summed E-state index contributed by atoms with van der Waals surface area (Å²) in [7, 11) is 1.70. The van der Waals surface area contributed by atoms with Crippen LogP contribution in [-0.4, -0.2) is 36.8 Å². The van der Waals surface area contributed by atoms with Crippen LogP contribution in [0.4, 0.5) is 5.82 Å². The monoisotopic (exact) mass is 308 g/mol. The Balaban J connectivity index is 2.12. The van der Waals surface area contributed by atoms with E-state index in [0.29, 0.717) is 11.8 Å². The van der Waals surface area contributed by atoms with E-state index >= 15 is 0 Å². The summed E-state index contributed by atoms with van der Waals surface area (Å²) in [6.07, 6.45) is 3.48. The second-order valence-corrected chi connectivity index (χ2v) is 5.71. The van der Waals surface area contributed by atoms with Crippen molar-refractivity contribution >= 4 is 17.4 Å². The minimum absolute atomic E-state index is 0.152. The molecule has 2 rings (SSSR count).